The fourth-order valence-corrected chi connectivity index (χ4v) is 5.09. The third-order valence-corrected chi connectivity index (χ3v) is 7.13. The Hall–Kier alpha value is -5.18. The van der Waals surface area contributed by atoms with Crippen LogP contribution < -0.4 is 22.5 Å². The highest BCUT2D eigenvalue weighted by atomic mass is 16.2. The number of hydrogen-bond donors (Lipinski definition) is 5. The third kappa shape index (κ3) is 5.94. The number of carbonyl (C=O) groups is 3. The summed E-state index contributed by atoms with van der Waals surface area (Å²) in [7, 11) is 0. The number of aromatic amines is 1. The Morgan fingerprint density at radius 1 is 0.725 bits per heavy atom. The summed E-state index contributed by atoms with van der Waals surface area (Å²) in [4.78, 5) is 43.3. The first-order chi connectivity index (χ1) is 19.3. The van der Waals surface area contributed by atoms with Gasteiger partial charge in [0.1, 0.15) is 17.4 Å². The van der Waals surface area contributed by atoms with Crippen molar-refractivity contribution in [2.45, 2.75) is 31.7 Å². The van der Waals surface area contributed by atoms with Crippen LogP contribution in [0, 0.1) is 0 Å². The second-order valence-electron chi connectivity index (χ2n) is 9.93. The minimum absolute atomic E-state index is 0.0358. The largest absolute Gasteiger partial charge is 0.370 e. The Bertz CT molecular complexity index is 1630. The van der Waals surface area contributed by atoms with E-state index >= 15 is 0 Å². The zero-order chi connectivity index (χ0) is 28.2. The first-order valence-electron chi connectivity index (χ1n) is 12.9. The van der Waals surface area contributed by atoms with E-state index in [1.165, 1.54) is 45.5 Å². The third-order valence-electron chi connectivity index (χ3n) is 7.13. The Kier molecular flexibility index (Phi) is 7.46. The topological polar surface area (TPSA) is 169 Å². The van der Waals surface area contributed by atoms with Crippen LogP contribution in [0.3, 0.4) is 0 Å². The van der Waals surface area contributed by atoms with Crippen LogP contribution in [-0.4, -0.2) is 34.7 Å². The van der Waals surface area contributed by atoms with E-state index in [0.29, 0.717) is 0 Å². The predicted molar refractivity (Wildman–Crippen MR) is 153 cm³/mol. The number of aromatic nitrogens is 1. The molecule has 1 aliphatic rings. The van der Waals surface area contributed by atoms with E-state index in [2.05, 4.69) is 76.0 Å². The van der Waals surface area contributed by atoms with Crippen LogP contribution in [0.4, 0.5) is 0 Å². The van der Waals surface area contributed by atoms with Crippen LogP contribution in [0.5, 0.6) is 0 Å². The van der Waals surface area contributed by atoms with Crippen LogP contribution in [0.2, 0.25) is 0 Å². The first kappa shape index (κ1) is 26.4. The van der Waals surface area contributed by atoms with Gasteiger partial charge in [0.25, 0.3) is 11.8 Å². The molecule has 1 aromatic heterocycles. The quantitative estimate of drug-likeness (QED) is 0.166. The lowest BCUT2D eigenvalue weighted by Crippen LogP contribution is -2.46. The summed E-state index contributed by atoms with van der Waals surface area (Å²) < 4.78 is 0. The highest BCUT2D eigenvalue weighted by Gasteiger charge is 2.22. The number of benzene rings is 3. The van der Waals surface area contributed by atoms with Crippen molar-refractivity contribution in [1.82, 2.24) is 10.3 Å². The number of nitrogens with two attached hydrogens (primary N) is 3. The highest BCUT2D eigenvalue weighted by Crippen LogP contribution is 2.28. The average Bonchev–Trinajstić information content (AvgIpc) is 3.43. The molecule has 4 aromatic rings. The molecule has 202 valence electrons. The van der Waals surface area contributed by atoms with E-state index in [1.807, 2.05) is 6.07 Å². The Morgan fingerprint density at radius 2 is 1.25 bits per heavy atom. The monoisotopic (exact) mass is 534 g/mol. The fourth-order valence-electron chi connectivity index (χ4n) is 5.09. The van der Waals surface area contributed by atoms with Crippen LogP contribution in [0.1, 0.15) is 59.9 Å². The number of nitrogens with zero attached hydrogens (tertiary/aromatic N) is 1. The molecule has 1 aliphatic carbocycles. The molecule has 0 saturated carbocycles. The van der Waals surface area contributed by atoms with Gasteiger partial charge in [-0.05, 0) is 70.3 Å². The average molecular weight is 535 g/mol. The lowest BCUT2D eigenvalue weighted by molar-refractivity contribution is -0.119. The molecule has 0 unspecified atom stereocenters. The minimum atomic E-state index is -0.963. The van der Waals surface area contributed by atoms with Gasteiger partial charge in [0.15, 0.2) is 5.96 Å². The van der Waals surface area contributed by atoms with Crippen molar-refractivity contribution in [1.29, 1.82) is 0 Å². The number of guanidine groups is 1. The number of fused-ring (bicyclic) bond motifs is 3. The number of rotatable bonds is 6. The predicted octanol–water partition coefficient (Wildman–Crippen LogP) is 2.34. The summed E-state index contributed by atoms with van der Waals surface area (Å²) in [6.45, 7) is 0. The first-order valence-corrected chi connectivity index (χ1v) is 12.9. The van der Waals surface area contributed by atoms with Gasteiger partial charge in [0.2, 0.25) is 5.91 Å². The minimum Gasteiger partial charge on any atom is -0.370 e. The van der Waals surface area contributed by atoms with Gasteiger partial charge < -0.3 is 27.5 Å². The summed E-state index contributed by atoms with van der Waals surface area (Å²) in [6.07, 6.45) is 2.66. The number of carbonyl (C=O) groups excluding carboxylic acids is 3. The van der Waals surface area contributed by atoms with Crippen LogP contribution >= 0.6 is 0 Å². The maximum Gasteiger partial charge on any atom is 0.296 e. The van der Waals surface area contributed by atoms with E-state index in [9.17, 15) is 14.4 Å². The van der Waals surface area contributed by atoms with Crippen molar-refractivity contribution in [2.75, 3.05) is 0 Å². The molecule has 0 saturated heterocycles. The highest BCUT2D eigenvalue weighted by molar-refractivity contribution is 6.02. The molecule has 0 spiro atoms. The Balaban J connectivity index is 1.39. The van der Waals surface area contributed by atoms with Gasteiger partial charge in [-0.15, -0.1) is 0 Å². The molecule has 0 aliphatic heterocycles. The van der Waals surface area contributed by atoms with Crippen molar-refractivity contribution in [3.05, 3.63) is 129 Å². The molecule has 0 fully saturated rings. The molecule has 3 aromatic carbocycles. The standard InChI is InChI=1S/C31H30N6O3/c32-28(38)27(36-29(39)25-11-12-26(35-25)30(40)37-31(33)34)14-18-9-10-23-16-21-7-2-1-5-19(21)15-20-6-3-4-8-22(20)17-24(23)13-18/h1-13,27,35H,14-17H2,(H2,32,38)(H,36,39)(H4,33,34,37,40)/t27-/m1/s1. The molecule has 5 rings (SSSR count). The van der Waals surface area contributed by atoms with E-state index in [4.69, 9.17) is 17.2 Å². The lowest BCUT2D eigenvalue weighted by atomic mass is 9.92. The number of amides is 3. The molecular weight excluding hydrogens is 504 g/mol. The molecule has 9 heteroatoms. The van der Waals surface area contributed by atoms with E-state index in [-0.39, 0.29) is 23.8 Å². The molecule has 1 heterocycles. The van der Waals surface area contributed by atoms with E-state index in [0.717, 1.165) is 24.8 Å². The SMILES string of the molecule is NC(=O)[C@@H](Cc1ccc2c(c1)Cc1ccccc1Cc1ccccc1C2)NC(=O)c1ccc(C(=O)N=C(N)N)[nH]1. The van der Waals surface area contributed by atoms with Gasteiger partial charge in [-0.2, -0.15) is 4.99 Å². The van der Waals surface area contributed by atoms with Crippen LogP contribution in [0.15, 0.2) is 83.9 Å². The normalized spacial score (nSPS) is 12.8. The van der Waals surface area contributed by atoms with Crippen molar-refractivity contribution >= 4 is 23.7 Å². The van der Waals surface area contributed by atoms with Crippen molar-refractivity contribution in [3.63, 3.8) is 0 Å². The van der Waals surface area contributed by atoms with Gasteiger partial charge in [0.05, 0.1) is 0 Å². The lowest BCUT2D eigenvalue weighted by Gasteiger charge is -2.17. The Labute approximate surface area is 231 Å². The van der Waals surface area contributed by atoms with Gasteiger partial charge in [-0.1, -0.05) is 66.7 Å². The van der Waals surface area contributed by atoms with Crippen molar-refractivity contribution in [3.8, 4) is 0 Å². The molecule has 3 amide bonds. The second kappa shape index (κ2) is 11.3. The Morgan fingerprint density at radius 3 is 1.80 bits per heavy atom. The number of primary amides is 1. The summed E-state index contributed by atoms with van der Waals surface area (Å²) >= 11 is 0. The number of aliphatic imine (C=N–C) groups is 1. The number of hydrogen-bond acceptors (Lipinski definition) is 3. The smallest absolute Gasteiger partial charge is 0.296 e. The molecule has 8 N–H and O–H groups in total. The van der Waals surface area contributed by atoms with Crippen molar-refractivity contribution in [2.24, 2.45) is 22.2 Å². The zero-order valence-corrected chi connectivity index (χ0v) is 21.8. The van der Waals surface area contributed by atoms with Gasteiger partial charge >= 0.3 is 0 Å². The number of H-pyrrole nitrogens is 1. The summed E-state index contributed by atoms with van der Waals surface area (Å²) in [5.74, 6) is -2.36. The van der Waals surface area contributed by atoms with Gasteiger partial charge in [-0.3, -0.25) is 14.4 Å². The molecule has 9 nitrogen and oxygen atoms in total. The van der Waals surface area contributed by atoms with Gasteiger partial charge in [-0.25, -0.2) is 0 Å². The second-order valence-corrected chi connectivity index (χ2v) is 9.93. The molecule has 0 radical (unpaired) electrons. The van der Waals surface area contributed by atoms with Crippen LogP contribution in [0.25, 0.3) is 0 Å². The summed E-state index contributed by atoms with van der Waals surface area (Å²) in [5, 5.41) is 2.67. The van der Waals surface area contributed by atoms with Gasteiger partial charge in [0, 0.05) is 6.42 Å². The van der Waals surface area contributed by atoms with Crippen LogP contribution in [-0.2, 0) is 30.5 Å². The molecule has 0 bridgehead atoms. The molecular formula is C31H30N6O3. The number of nitrogens with one attached hydrogen (secondary N) is 2. The van der Waals surface area contributed by atoms with E-state index < -0.39 is 23.8 Å². The maximum absolute atomic E-state index is 12.9. The summed E-state index contributed by atoms with van der Waals surface area (Å²) in [5.41, 5.74) is 24.7. The molecule has 1 atom stereocenters. The molecule has 40 heavy (non-hydrogen) atoms. The maximum atomic E-state index is 12.9. The summed E-state index contributed by atoms with van der Waals surface area (Å²) in [6, 6.07) is 25.0. The van der Waals surface area contributed by atoms with Crippen molar-refractivity contribution < 1.29 is 14.4 Å². The zero-order valence-electron chi connectivity index (χ0n) is 21.8. The fraction of sp³-hybridized carbons (Fsp3) is 0.161. The van der Waals surface area contributed by atoms with E-state index in [1.54, 1.807) is 0 Å².